The van der Waals surface area contributed by atoms with Gasteiger partial charge in [0.15, 0.2) is 0 Å². The van der Waals surface area contributed by atoms with E-state index in [1.54, 1.807) is 4.68 Å². The van der Waals surface area contributed by atoms with Crippen molar-refractivity contribution in [3.05, 3.63) is 48.8 Å². The van der Waals surface area contributed by atoms with E-state index in [0.29, 0.717) is 0 Å². The number of rotatable bonds is 2. The summed E-state index contributed by atoms with van der Waals surface area (Å²) < 4.78 is 1.80. The molecule has 0 bridgehead atoms. The molecule has 0 unspecified atom stereocenters. The highest BCUT2D eigenvalue weighted by atomic mass is 15.2. The minimum atomic E-state index is 1.13. The van der Waals surface area contributed by atoms with Gasteiger partial charge < -0.3 is 0 Å². The van der Waals surface area contributed by atoms with Crippen molar-refractivity contribution < 1.29 is 0 Å². The topological polar surface area (TPSA) is 17.8 Å². The quantitative estimate of drug-likeness (QED) is 0.701. The molecule has 2 rings (SSSR count). The van der Waals surface area contributed by atoms with Crippen LogP contribution in [-0.4, -0.2) is 9.78 Å². The van der Waals surface area contributed by atoms with Crippen molar-refractivity contribution in [3.8, 4) is 11.1 Å². The highest BCUT2D eigenvalue weighted by Crippen LogP contribution is 2.19. The number of hydrogen-bond acceptors (Lipinski definition) is 1. The summed E-state index contributed by atoms with van der Waals surface area (Å²) in [6.07, 6.45) is 5.71. The summed E-state index contributed by atoms with van der Waals surface area (Å²) in [6, 6.07) is 8.24. The molecule has 0 aliphatic carbocycles. The molecule has 0 spiro atoms. The van der Waals surface area contributed by atoms with Crippen LogP contribution in [0, 0.1) is 0 Å². The molecule has 0 fully saturated rings. The third kappa shape index (κ3) is 1.59. The Balaban J connectivity index is 2.46. The van der Waals surface area contributed by atoms with Crippen molar-refractivity contribution in [3.63, 3.8) is 0 Å². The second-order valence-electron chi connectivity index (χ2n) is 3.23. The van der Waals surface area contributed by atoms with Crippen LogP contribution >= 0.6 is 0 Å². The number of benzene rings is 1. The Bertz CT molecular complexity index is 455. The van der Waals surface area contributed by atoms with Gasteiger partial charge >= 0.3 is 0 Å². The second-order valence-corrected chi connectivity index (χ2v) is 3.23. The monoisotopic (exact) mass is 184 g/mol. The Labute approximate surface area is 83.5 Å². The molecule has 0 radical (unpaired) electrons. The largest absolute Gasteiger partial charge is 0.275 e. The van der Waals surface area contributed by atoms with E-state index in [-0.39, 0.29) is 0 Å². The van der Waals surface area contributed by atoms with E-state index < -0.39 is 0 Å². The maximum atomic E-state index is 4.14. The molecule has 2 aromatic rings. The fourth-order valence-electron chi connectivity index (χ4n) is 1.42. The Morgan fingerprint density at radius 3 is 2.86 bits per heavy atom. The molecule has 0 aliphatic heterocycles. The van der Waals surface area contributed by atoms with Crippen LogP contribution in [0.15, 0.2) is 43.2 Å². The van der Waals surface area contributed by atoms with Crippen LogP contribution in [0.4, 0.5) is 0 Å². The third-order valence-electron chi connectivity index (χ3n) is 2.16. The Morgan fingerprint density at radius 2 is 2.21 bits per heavy atom. The van der Waals surface area contributed by atoms with Gasteiger partial charge in [0.1, 0.15) is 0 Å². The molecule has 2 nitrogen and oxygen atoms in total. The summed E-state index contributed by atoms with van der Waals surface area (Å²) in [5, 5.41) is 4.14. The standard InChI is InChI=1S/C12H12N2/c1-3-10-5-4-6-11(7-10)12-8-13-14(2)9-12/h3-9H,1H2,2H3. The zero-order valence-corrected chi connectivity index (χ0v) is 8.14. The van der Waals surface area contributed by atoms with Crippen LogP contribution in [-0.2, 0) is 7.05 Å². The normalized spacial score (nSPS) is 10.1. The summed E-state index contributed by atoms with van der Waals surface area (Å²) in [5.41, 5.74) is 3.44. The number of aromatic nitrogens is 2. The summed E-state index contributed by atoms with van der Waals surface area (Å²) in [7, 11) is 1.92. The fourth-order valence-corrected chi connectivity index (χ4v) is 1.42. The molecule has 14 heavy (non-hydrogen) atoms. The summed E-state index contributed by atoms with van der Waals surface area (Å²) in [4.78, 5) is 0. The number of nitrogens with zero attached hydrogens (tertiary/aromatic N) is 2. The van der Waals surface area contributed by atoms with E-state index in [1.165, 1.54) is 5.56 Å². The highest BCUT2D eigenvalue weighted by molar-refractivity contribution is 5.65. The van der Waals surface area contributed by atoms with Gasteiger partial charge in [-0.05, 0) is 17.2 Å². The zero-order valence-electron chi connectivity index (χ0n) is 8.14. The maximum absolute atomic E-state index is 4.14. The van der Waals surface area contributed by atoms with Crippen LogP contribution < -0.4 is 0 Å². The van der Waals surface area contributed by atoms with E-state index in [0.717, 1.165) is 11.1 Å². The van der Waals surface area contributed by atoms with E-state index in [2.05, 4.69) is 23.8 Å². The first kappa shape index (κ1) is 8.75. The van der Waals surface area contributed by atoms with Gasteiger partial charge in [0.25, 0.3) is 0 Å². The van der Waals surface area contributed by atoms with Gasteiger partial charge in [-0.3, -0.25) is 4.68 Å². The van der Waals surface area contributed by atoms with E-state index in [9.17, 15) is 0 Å². The molecule has 0 N–H and O–H groups in total. The van der Waals surface area contributed by atoms with Crippen LogP contribution in [0.1, 0.15) is 5.56 Å². The Morgan fingerprint density at radius 1 is 1.36 bits per heavy atom. The molecule has 1 heterocycles. The molecule has 1 aromatic carbocycles. The molecular formula is C12H12N2. The van der Waals surface area contributed by atoms with Gasteiger partial charge in [-0.15, -0.1) is 0 Å². The lowest BCUT2D eigenvalue weighted by Crippen LogP contribution is -1.84. The molecule has 0 amide bonds. The fraction of sp³-hybridized carbons (Fsp3) is 0.0833. The van der Waals surface area contributed by atoms with Crippen molar-refractivity contribution >= 4 is 6.08 Å². The van der Waals surface area contributed by atoms with E-state index >= 15 is 0 Å². The second kappa shape index (κ2) is 3.50. The van der Waals surface area contributed by atoms with E-state index in [4.69, 9.17) is 0 Å². The molecule has 0 saturated heterocycles. The molecule has 70 valence electrons. The van der Waals surface area contributed by atoms with Gasteiger partial charge in [-0.25, -0.2) is 0 Å². The number of aryl methyl sites for hydroxylation is 1. The van der Waals surface area contributed by atoms with Gasteiger partial charge in [0, 0.05) is 18.8 Å². The first-order chi connectivity index (χ1) is 6.79. The predicted octanol–water partition coefficient (Wildman–Crippen LogP) is 2.73. The van der Waals surface area contributed by atoms with Crippen molar-refractivity contribution in [1.82, 2.24) is 9.78 Å². The van der Waals surface area contributed by atoms with Crippen molar-refractivity contribution in [2.45, 2.75) is 0 Å². The molecule has 0 aliphatic rings. The van der Waals surface area contributed by atoms with Crippen molar-refractivity contribution in [2.24, 2.45) is 7.05 Å². The van der Waals surface area contributed by atoms with Gasteiger partial charge in [0.2, 0.25) is 0 Å². The molecular weight excluding hydrogens is 172 g/mol. The Hall–Kier alpha value is -1.83. The van der Waals surface area contributed by atoms with Gasteiger partial charge in [-0.1, -0.05) is 30.9 Å². The van der Waals surface area contributed by atoms with Gasteiger partial charge in [-0.2, -0.15) is 5.10 Å². The number of hydrogen-bond donors (Lipinski definition) is 0. The first-order valence-corrected chi connectivity index (χ1v) is 4.51. The minimum Gasteiger partial charge on any atom is -0.275 e. The summed E-state index contributed by atoms with van der Waals surface area (Å²) >= 11 is 0. The molecule has 2 heteroatoms. The van der Waals surface area contributed by atoms with Gasteiger partial charge in [0.05, 0.1) is 6.20 Å². The summed E-state index contributed by atoms with van der Waals surface area (Å²) in [5.74, 6) is 0. The lowest BCUT2D eigenvalue weighted by molar-refractivity contribution is 0.768. The maximum Gasteiger partial charge on any atom is 0.0568 e. The van der Waals surface area contributed by atoms with Crippen LogP contribution in [0.2, 0.25) is 0 Å². The average Bonchev–Trinajstić information content (AvgIpc) is 2.65. The zero-order chi connectivity index (χ0) is 9.97. The van der Waals surface area contributed by atoms with Crippen molar-refractivity contribution in [1.29, 1.82) is 0 Å². The lowest BCUT2D eigenvalue weighted by atomic mass is 10.1. The van der Waals surface area contributed by atoms with Crippen LogP contribution in [0.25, 0.3) is 17.2 Å². The first-order valence-electron chi connectivity index (χ1n) is 4.51. The summed E-state index contributed by atoms with van der Waals surface area (Å²) in [6.45, 7) is 3.75. The van der Waals surface area contributed by atoms with E-state index in [1.807, 2.05) is 37.7 Å². The SMILES string of the molecule is C=Cc1cccc(-c2cnn(C)c2)c1. The smallest absolute Gasteiger partial charge is 0.0568 e. The minimum absolute atomic E-state index is 1.13. The van der Waals surface area contributed by atoms with Crippen molar-refractivity contribution in [2.75, 3.05) is 0 Å². The molecule has 0 atom stereocenters. The van der Waals surface area contributed by atoms with Crippen LogP contribution in [0.5, 0.6) is 0 Å². The lowest BCUT2D eigenvalue weighted by Gasteiger charge is -1.98. The average molecular weight is 184 g/mol. The van der Waals surface area contributed by atoms with Crippen LogP contribution in [0.3, 0.4) is 0 Å². The third-order valence-corrected chi connectivity index (χ3v) is 2.16. The predicted molar refractivity (Wildman–Crippen MR) is 58.7 cm³/mol. The molecule has 1 aromatic heterocycles. The highest BCUT2D eigenvalue weighted by Gasteiger charge is 1.99. The Kier molecular flexibility index (Phi) is 2.19. The molecule has 0 saturated carbocycles.